The first-order chi connectivity index (χ1) is 13.1. The van der Waals surface area contributed by atoms with Crippen molar-refractivity contribution in [3.05, 3.63) is 65.2 Å². The molecule has 0 radical (unpaired) electrons. The van der Waals surface area contributed by atoms with Crippen LogP contribution in [0.25, 0.3) is 6.08 Å². The van der Waals surface area contributed by atoms with E-state index in [1.165, 1.54) is 24.7 Å². The van der Waals surface area contributed by atoms with Crippen LogP contribution in [0, 0.1) is 5.92 Å². The zero-order valence-electron chi connectivity index (χ0n) is 15.4. The lowest BCUT2D eigenvalue weighted by Crippen LogP contribution is -2.34. The van der Waals surface area contributed by atoms with Crippen LogP contribution in [0.1, 0.15) is 12.0 Å². The van der Waals surface area contributed by atoms with E-state index in [0.717, 1.165) is 30.3 Å². The first kappa shape index (κ1) is 18.1. The third-order valence-electron chi connectivity index (χ3n) is 5.49. The summed E-state index contributed by atoms with van der Waals surface area (Å²) < 4.78 is 0. The lowest BCUT2D eigenvalue weighted by molar-refractivity contribution is -0.111. The molecular formula is C22H24ClN3O. The number of carbonyl (C=O) groups excluding carboxylic acids is 1. The Morgan fingerprint density at radius 1 is 1.11 bits per heavy atom. The molecule has 4 rings (SSSR count). The molecule has 2 saturated heterocycles. The quantitative estimate of drug-likeness (QED) is 0.809. The first-order valence-electron chi connectivity index (χ1n) is 9.38. The molecule has 2 aliphatic rings. The molecule has 2 heterocycles. The maximum atomic E-state index is 12.1. The minimum Gasteiger partial charge on any atom is -0.367 e. The molecule has 2 aromatic carbocycles. The van der Waals surface area contributed by atoms with Gasteiger partial charge in [-0.3, -0.25) is 4.79 Å². The van der Waals surface area contributed by atoms with Crippen molar-refractivity contribution in [1.82, 2.24) is 4.90 Å². The summed E-state index contributed by atoms with van der Waals surface area (Å²) in [6.45, 7) is 3.46. The Labute approximate surface area is 165 Å². The van der Waals surface area contributed by atoms with Gasteiger partial charge in [0.25, 0.3) is 0 Å². The summed E-state index contributed by atoms with van der Waals surface area (Å²) in [6, 6.07) is 16.2. The van der Waals surface area contributed by atoms with E-state index in [9.17, 15) is 4.79 Å². The summed E-state index contributed by atoms with van der Waals surface area (Å²) in [6.07, 6.45) is 4.58. The van der Waals surface area contributed by atoms with Gasteiger partial charge in [0.15, 0.2) is 0 Å². The number of likely N-dealkylation sites (tertiary alicyclic amines) is 1. The van der Waals surface area contributed by atoms with Gasteiger partial charge in [0, 0.05) is 48.1 Å². The number of likely N-dealkylation sites (N-methyl/N-ethyl adjacent to an activating group) is 1. The third-order valence-corrected chi connectivity index (χ3v) is 5.75. The van der Waals surface area contributed by atoms with Crippen molar-refractivity contribution in [2.24, 2.45) is 5.92 Å². The number of nitrogens with zero attached hydrogens (tertiary/aromatic N) is 2. The summed E-state index contributed by atoms with van der Waals surface area (Å²) in [5, 5.41) is 3.60. The van der Waals surface area contributed by atoms with Gasteiger partial charge in [0.05, 0.1) is 0 Å². The highest BCUT2D eigenvalue weighted by atomic mass is 35.5. The average molecular weight is 382 g/mol. The fraction of sp³-hybridized carbons (Fsp3) is 0.318. The van der Waals surface area contributed by atoms with Gasteiger partial charge in [-0.25, -0.2) is 0 Å². The highest BCUT2D eigenvalue weighted by Gasteiger charge is 2.39. The topological polar surface area (TPSA) is 35.6 Å². The first-order valence-corrected chi connectivity index (χ1v) is 9.76. The number of anilines is 2. The van der Waals surface area contributed by atoms with E-state index >= 15 is 0 Å². The van der Waals surface area contributed by atoms with Crippen LogP contribution in [0.4, 0.5) is 11.4 Å². The van der Waals surface area contributed by atoms with Crippen molar-refractivity contribution in [3.8, 4) is 0 Å². The third kappa shape index (κ3) is 4.18. The molecule has 2 atom stereocenters. The Bertz CT molecular complexity index is 832. The largest absolute Gasteiger partial charge is 0.367 e. The average Bonchev–Trinajstić information content (AvgIpc) is 3.21. The fourth-order valence-electron chi connectivity index (χ4n) is 4.16. The summed E-state index contributed by atoms with van der Waals surface area (Å²) in [7, 11) is 2.20. The molecule has 4 nitrogen and oxygen atoms in total. The lowest BCUT2D eigenvalue weighted by atomic mass is 10.0. The van der Waals surface area contributed by atoms with Crippen LogP contribution in [0.15, 0.2) is 54.6 Å². The molecule has 5 heteroatoms. The second-order valence-electron chi connectivity index (χ2n) is 7.45. The smallest absolute Gasteiger partial charge is 0.248 e. The highest BCUT2D eigenvalue weighted by Crippen LogP contribution is 2.34. The zero-order chi connectivity index (χ0) is 18.8. The van der Waals surface area contributed by atoms with Gasteiger partial charge in [-0.2, -0.15) is 0 Å². The molecule has 0 saturated carbocycles. The molecule has 2 aromatic rings. The van der Waals surface area contributed by atoms with Crippen molar-refractivity contribution in [3.63, 3.8) is 0 Å². The Hall–Kier alpha value is -2.30. The Morgan fingerprint density at radius 3 is 2.59 bits per heavy atom. The fourth-order valence-corrected chi connectivity index (χ4v) is 4.28. The van der Waals surface area contributed by atoms with Crippen LogP contribution in [-0.4, -0.2) is 43.5 Å². The Kier molecular flexibility index (Phi) is 5.19. The van der Waals surface area contributed by atoms with Crippen molar-refractivity contribution >= 4 is 35.0 Å². The second-order valence-corrected chi connectivity index (χ2v) is 7.89. The van der Waals surface area contributed by atoms with Crippen LogP contribution in [0.2, 0.25) is 5.02 Å². The molecule has 27 heavy (non-hydrogen) atoms. The van der Waals surface area contributed by atoms with E-state index in [0.29, 0.717) is 11.1 Å². The van der Waals surface area contributed by atoms with Gasteiger partial charge in [0.1, 0.15) is 0 Å². The molecule has 2 fully saturated rings. The molecule has 1 amide bonds. The van der Waals surface area contributed by atoms with Crippen molar-refractivity contribution < 1.29 is 4.79 Å². The molecule has 140 valence electrons. The molecule has 0 bridgehead atoms. The molecule has 1 N–H and O–H groups in total. The monoisotopic (exact) mass is 381 g/mol. The number of rotatable bonds is 4. The van der Waals surface area contributed by atoms with Gasteiger partial charge in [0.2, 0.25) is 5.91 Å². The number of fused-ring (bicyclic) bond motifs is 1. The maximum Gasteiger partial charge on any atom is 0.248 e. The Morgan fingerprint density at radius 2 is 1.85 bits per heavy atom. The number of benzene rings is 2. The van der Waals surface area contributed by atoms with Crippen LogP contribution >= 0.6 is 11.6 Å². The van der Waals surface area contributed by atoms with Gasteiger partial charge < -0.3 is 15.1 Å². The SMILES string of the molecule is CN1C[C@@H]2CCN(c3ccc(NC(=O)C=Cc4ccc(Cl)cc4)cc3)[C@@H]2C1. The van der Waals surface area contributed by atoms with Crippen LogP contribution in [0.5, 0.6) is 0 Å². The van der Waals surface area contributed by atoms with Gasteiger partial charge in [-0.15, -0.1) is 0 Å². The number of hydrogen-bond acceptors (Lipinski definition) is 3. The minimum absolute atomic E-state index is 0.142. The summed E-state index contributed by atoms with van der Waals surface area (Å²) >= 11 is 5.87. The molecular weight excluding hydrogens is 358 g/mol. The number of halogens is 1. The predicted octanol–water partition coefficient (Wildman–Crippen LogP) is 4.13. The number of hydrogen-bond donors (Lipinski definition) is 1. The van der Waals surface area contributed by atoms with Gasteiger partial charge in [-0.05, 0) is 67.4 Å². The summed E-state index contributed by atoms with van der Waals surface area (Å²) in [5.74, 6) is 0.642. The van der Waals surface area contributed by atoms with Crippen molar-refractivity contribution in [2.75, 3.05) is 36.9 Å². The highest BCUT2D eigenvalue weighted by molar-refractivity contribution is 6.30. The molecule has 0 spiro atoms. The molecule has 0 aliphatic carbocycles. The number of amides is 1. The zero-order valence-corrected chi connectivity index (χ0v) is 16.2. The minimum atomic E-state index is -0.142. The molecule has 2 aliphatic heterocycles. The van der Waals surface area contributed by atoms with E-state index in [-0.39, 0.29) is 5.91 Å². The normalized spacial score (nSPS) is 22.4. The van der Waals surface area contributed by atoms with E-state index in [1.54, 1.807) is 6.08 Å². The van der Waals surface area contributed by atoms with Gasteiger partial charge >= 0.3 is 0 Å². The van der Waals surface area contributed by atoms with Crippen LogP contribution < -0.4 is 10.2 Å². The van der Waals surface area contributed by atoms with E-state index in [2.05, 4.69) is 34.3 Å². The van der Waals surface area contributed by atoms with Crippen molar-refractivity contribution in [2.45, 2.75) is 12.5 Å². The van der Waals surface area contributed by atoms with Crippen molar-refractivity contribution in [1.29, 1.82) is 0 Å². The Balaban J connectivity index is 1.36. The second kappa shape index (κ2) is 7.75. The molecule has 0 unspecified atom stereocenters. The standard InChI is InChI=1S/C22H24ClN3O/c1-25-14-17-12-13-26(21(17)15-25)20-9-7-19(8-10-20)24-22(27)11-4-16-2-5-18(23)6-3-16/h2-11,17,21H,12-15H2,1H3,(H,24,27)/t17-,21+/m0/s1. The van der Waals surface area contributed by atoms with E-state index in [1.807, 2.05) is 36.4 Å². The number of carbonyl (C=O) groups is 1. The van der Waals surface area contributed by atoms with Crippen LogP contribution in [-0.2, 0) is 4.79 Å². The van der Waals surface area contributed by atoms with Gasteiger partial charge in [-0.1, -0.05) is 23.7 Å². The van der Waals surface area contributed by atoms with E-state index in [4.69, 9.17) is 11.6 Å². The molecule has 0 aromatic heterocycles. The number of nitrogens with one attached hydrogen (secondary N) is 1. The predicted molar refractivity (Wildman–Crippen MR) is 112 cm³/mol. The van der Waals surface area contributed by atoms with Crippen LogP contribution in [0.3, 0.4) is 0 Å². The maximum absolute atomic E-state index is 12.1. The van der Waals surface area contributed by atoms with E-state index < -0.39 is 0 Å². The summed E-state index contributed by atoms with van der Waals surface area (Å²) in [4.78, 5) is 17.1. The summed E-state index contributed by atoms with van der Waals surface area (Å²) in [5.41, 5.74) is 2.99. The lowest BCUT2D eigenvalue weighted by Gasteiger charge is -2.26.